The second-order valence-electron chi connectivity index (χ2n) is 7.59. The van der Waals surface area contributed by atoms with Crippen molar-refractivity contribution in [1.29, 1.82) is 0 Å². The smallest absolute Gasteiger partial charge is 0.122 e. The summed E-state index contributed by atoms with van der Waals surface area (Å²) in [5.41, 5.74) is 3.20. The molecule has 2 nitrogen and oxygen atoms in total. The molecular weight excluding hydrogens is 246 g/mol. The van der Waals surface area contributed by atoms with Gasteiger partial charge in [-0.05, 0) is 69.2 Å². The van der Waals surface area contributed by atoms with Crippen LogP contribution in [0.25, 0.3) is 0 Å². The highest BCUT2D eigenvalue weighted by Gasteiger charge is 2.23. The fourth-order valence-corrected chi connectivity index (χ4v) is 2.68. The van der Waals surface area contributed by atoms with Crippen LogP contribution in [0, 0.1) is 0 Å². The van der Waals surface area contributed by atoms with E-state index in [1.165, 1.54) is 11.1 Å². The van der Waals surface area contributed by atoms with Gasteiger partial charge in [0.2, 0.25) is 0 Å². The molecule has 0 radical (unpaired) electrons. The minimum atomic E-state index is 0.194. The largest absolute Gasteiger partial charge is 0.493 e. The lowest BCUT2D eigenvalue weighted by atomic mass is 9.80. The van der Waals surface area contributed by atoms with Crippen LogP contribution in [0.3, 0.4) is 0 Å². The Hall–Kier alpha value is -1.02. The predicted octanol–water partition coefficient (Wildman–Crippen LogP) is 4.07. The lowest BCUT2D eigenvalue weighted by Gasteiger charge is -2.29. The van der Waals surface area contributed by atoms with E-state index in [-0.39, 0.29) is 11.0 Å². The molecule has 1 aliphatic heterocycles. The summed E-state index contributed by atoms with van der Waals surface area (Å²) in [6.07, 6.45) is 3.44. The summed E-state index contributed by atoms with van der Waals surface area (Å²) >= 11 is 0. The van der Waals surface area contributed by atoms with Gasteiger partial charge in [-0.25, -0.2) is 0 Å². The lowest BCUT2D eigenvalue weighted by molar-refractivity contribution is 0.287. The van der Waals surface area contributed by atoms with Crippen LogP contribution in [0.4, 0.5) is 0 Å². The average Bonchev–Trinajstić information content (AvgIpc) is 2.36. The van der Waals surface area contributed by atoms with Crippen LogP contribution in [0.2, 0.25) is 0 Å². The highest BCUT2D eigenvalue weighted by molar-refractivity contribution is 5.41. The third-order valence-electron chi connectivity index (χ3n) is 4.10. The molecule has 0 amide bonds. The standard InChI is InChI=1S/C18H29NO/c1-17(2,3)19-11-10-18(4,5)15-8-9-16-14(13-15)7-6-12-20-16/h8-9,13,19H,6-7,10-12H2,1-5H3. The molecule has 0 fully saturated rings. The normalized spacial score (nSPS) is 15.7. The molecule has 1 aromatic rings. The number of rotatable bonds is 4. The quantitative estimate of drug-likeness (QED) is 0.894. The van der Waals surface area contributed by atoms with Crippen LogP contribution in [0.1, 0.15) is 58.6 Å². The zero-order chi connectivity index (χ0) is 14.8. The number of nitrogens with one attached hydrogen (secondary N) is 1. The van der Waals surface area contributed by atoms with Gasteiger partial charge in [-0.3, -0.25) is 0 Å². The summed E-state index contributed by atoms with van der Waals surface area (Å²) in [5.74, 6) is 1.09. The van der Waals surface area contributed by atoms with E-state index in [1.54, 1.807) is 0 Å². The van der Waals surface area contributed by atoms with E-state index in [0.29, 0.717) is 0 Å². The molecule has 0 aliphatic carbocycles. The van der Waals surface area contributed by atoms with Crippen molar-refractivity contribution in [1.82, 2.24) is 5.32 Å². The van der Waals surface area contributed by atoms with E-state index in [1.807, 2.05) is 0 Å². The highest BCUT2D eigenvalue weighted by atomic mass is 16.5. The van der Waals surface area contributed by atoms with Gasteiger partial charge in [-0.1, -0.05) is 26.0 Å². The van der Waals surface area contributed by atoms with Crippen molar-refractivity contribution in [3.05, 3.63) is 29.3 Å². The molecule has 0 atom stereocenters. The first-order chi connectivity index (χ1) is 9.28. The van der Waals surface area contributed by atoms with Crippen molar-refractivity contribution in [3.63, 3.8) is 0 Å². The molecule has 0 bridgehead atoms. The topological polar surface area (TPSA) is 21.3 Å². The van der Waals surface area contributed by atoms with Gasteiger partial charge in [0.25, 0.3) is 0 Å². The maximum absolute atomic E-state index is 5.70. The first-order valence-electron chi connectivity index (χ1n) is 7.79. The summed E-state index contributed by atoms with van der Waals surface area (Å²) in [6, 6.07) is 6.75. The van der Waals surface area contributed by atoms with Crippen molar-refractivity contribution in [3.8, 4) is 5.75 Å². The van der Waals surface area contributed by atoms with Crippen LogP contribution in [-0.2, 0) is 11.8 Å². The molecule has 0 unspecified atom stereocenters. The van der Waals surface area contributed by atoms with Gasteiger partial charge in [0, 0.05) is 5.54 Å². The summed E-state index contributed by atoms with van der Waals surface area (Å²) in [5, 5.41) is 3.59. The van der Waals surface area contributed by atoms with Crippen molar-refractivity contribution < 1.29 is 4.74 Å². The van der Waals surface area contributed by atoms with Crippen LogP contribution in [0.5, 0.6) is 5.75 Å². The Morgan fingerprint density at radius 3 is 2.60 bits per heavy atom. The van der Waals surface area contributed by atoms with Gasteiger partial charge in [-0.15, -0.1) is 0 Å². The number of hydrogen-bond acceptors (Lipinski definition) is 2. The Labute approximate surface area is 123 Å². The number of fused-ring (bicyclic) bond motifs is 1. The third-order valence-corrected chi connectivity index (χ3v) is 4.10. The van der Waals surface area contributed by atoms with Gasteiger partial charge in [0.05, 0.1) is 6.61 Å². The van der Waals surface area contributed by atoms with E-state index in [0.717, 1.165) is 38.2 Å². The van der Waals surface area contributed by atoms with Crippen LogP contribution >= 0.6 is 0 Å². The number of hydrogen-bond donors (Lipinski definition) is 1. The van der Waals surface area contributed by atoms with Crippen molar-refractivity contribution in [2.75, 3.05) is 13.2 Å². The second kappa shape index (κ2) is 5.77. The number of aryl methyl sites for hydroxylation is 1. The van der Waals surface area contributed by atoms with E-state index >= 15 is 0 Å². The molecule has 1 aliphatic rings. The summed E-state index contributed by atoms with van der Waals surface area (Å²) in [7, 11) is 0. The number of benzene rings is 1. The van der Waals surface area contributed by atoms with E-state index in [4.69, 9.17) is 4.74 Å². The molecule has 112 valence electrons. The van der Waals surface area contributed by atoms with E-state index in [2.05, 4.69) is 58.1 Å². The molecule has 1 heterocycles. The molecule has 0 saturated heterocycles. The van der Waals surface area contributed by atoms with Crippen LogP contribution < -0.4 is 10.1 Å². The van der Waals surface area contributed by atoms with Gasteiger partial charge < -0.3 is 10.1 Å². The molecule has 2 heteroatoms. The SMILES string of the molecule is CC(C)(C)NCCC(C)(C)c1ccc2c(c1)CCCO2. The Bertz CT molecular complexity index is 457. The molecule has 2 rings (SSSR count). The number of ether oxygens (including phenoxy) is 1. The van der Waals surface area contributed by atoms with Crippen molar-refractivity contribution in [2.45, 2.75) is 64.8 Å². The van der Waals surface area contributed by atoms with E-state index < -0.39 is 0 Å². The Morgan fingerprint density at radius 2 is 1.90 bits per heavy atom. The Kier molecular flexibility index (Phi) is 4.43. The minimum Gasteiger partial charge on any atom is -0.493 e. The molecule has 0 aromatic heterocycles. The zero-order valence-electron chi connectivity index (χ0n) is 13.7. The molecule has 1 aromatic carbocycles. The monoisotopic (exact) mass is 275 g/mol. The molecule has 1 N–H and O–H groups in total. The van der Waals surface area contributed by atoms with Crippen molar-refractivity contribution >= 4 is 0 Å². The molecule has 0 saturated carbocycles. The fourth-order valence-electron chi connectivity index (χ4n) is 2.68. The first-order valence-corrected chi connectivity index (χ1v) is 7.79. The summed E-state index contributed by atoms with van der Waals surface area (Å²) in [6.45, 7) is 13.2. The highest BCUT2D eigenvalue weighted by Crippen LogP contribution is 2.32. The fraction of sp³-hybridized carbons (Fsp3) is 0.667. The van der Waals surface area contributed by atoms with Crippen molar-refractivity contribution in [2.24, 2.45) is 0 Å². The Balaban J connectivity index is 2.05. The molecule has 0 spiro atoms. The van der Waals surface area contributed by atoms with Gasteiger partial charge in [0.15, 0.2) is 0 Å². The molecular formula is C18H29NO. The van der Waals surface area contributed by atoms with E-state index in [9.17, 15) is 0 Å². The van der Waals surface area contributed by atoms with Crippen LogP contribution in [0.15, 0.2) is 18.2 Å². The van der Waals surface area contributed by atoms with Gasteiger partial charge in [-0.2, -0.15) is 0 Å². The third kappa shape index (κ3) is 3.99. The maximum atomic E-state index is 5.70. The minimum absolute atomic E-state index is 0.194. The summed E-state index contributed by atoms with van der Waals surface area (Å²) < 4.78 is 5.70. The van der Waals surface area contributed by atoms with Crippen LogP contribution in [-0.4, -0.2) is 18.7 Å². The maximum Gasteiger partial charge on any atom is 0.122 e. The van der Waals surface area contributed by atoms with Gasteiger partial charge in [0.1, 0.15) is 5.75 Å². The van der Waals surface area contributed by atoms with Gasteiger partial charge >= 0.3 is 0 Å². The first kappa shape index (κ1) is 15.4. The second-order valence-corrected chi connectivity index (χ2v) is 7.59. The lowest BCUT2D eigenvalue weighted by Crippen LogP contribution is -2.38. The molecule has 20 heavy (non-hydrogen) atoms. The Morgan fingerprint density at radius 1 is 1.15 bits per heavy atom. The zero-order valence-corrected chi connectivity index (χ0v) is 13.7. The average molecular weight is 275 g/mol. The predicted molar refractivity (Wildman–Crippen MR) is 85.7 cm³/mol. The summed E-state index contributed by atoms with van der Waals surface area (Å²) in [4.78, 5) is 0.